The van der Waals surface area contributed by atoms with Gasteiger partial charge in [-0.1, -0.05) is 0 Å². The number of fused-ring (bicyclic) bond motifs is 1. The number of rotatable bonds is 3. The number of Topliss-reactive ketones (excluding diaryl/α,β-unsaturated/α-hetero) is 1. The molecule has 0 radical (unpaired) electrons. The number of carbonyl (C=O) groups is 1. The minimum absolute atomic E-state index is 0.0324. The van der Waals surface area contributed by atoms with E-state index >= 15 is 0 Å². The highest BCUT2D eigenvalue weighted by Gasteiger charge is 2.29. The predicted molar refractivity (Wildman–Crippen MR) is 93.7 cm³/mol. The lowest BCUT2D eigenvalue weighted by molar-refractivity contribution is 0.101. The molecule has 25 heavy (non-hydrogen) atoms. The summed E-state index contributed by atoms with van der Waals surface area (Å²) in [6.45, 7) is 4.30. The number of carbonyl (C=O) groups excluding carboxylic acids is 1. The molecule has 0 amide bonds. The molecule has 0 aliphatic carbocycles. The van der Waals surface area contributed by atoms with Crippen LogP contribution in [0.4, 0.5) is 5.69 Å². The first-order valence-electron chi connectivity index (χ1n) is 8.89. The molecule has 0 spiro atoms. The number of benzene rings is 1. The highest BCUT2D eigenvalue weighted by Crippen LogP contribution is 2.33. The third kappa shape index (κ3) is 2.80. The zero-order chi connectivity index (χ0) is 17.4. The normalized spacial score (nSPS) is 19.5. The number of nitrogens with zero attached hydrogens (tertiary/aromatic N) is 5. The Labute approximate surface area is 147 Å². The van der Waals surface area contributed by atoms with Crippen LogP contribution >= 0.6 is 0 Å². The van der Waals surface area contributed by atoms with Crippen molar-refractivity contribution in [1.82, 2.24) is 14.8 Å². The number of aromatic nitrogens is 3. The van der Waals surface area contributed by atoms with E-state index in [9.17, 15) is 10.1 Å². The molecule has 6 heteroatoms. The van der Waals surface area contributed by atoms with Gasteiger partial charge < -0.3 is 9.47 Å². The van der Waals surface area contributed by atoms with Gasteiger partial charge >= 0.3 is 0 Å². The smallest absolute Gasteiger partial charge is 0.161 e. The van der Waals surface area contributed by atoms with Crippen LogP contribution in [-0.2, 0) is 13.0 Å². The number of aryl methyl sites for hydroxylation is 1. The molecule has 2 aliphatic rings. The lowest BCUT2D eigenvalue weighted by atomic mass is 9.95. The molecule has 1 aromatic carbocycles. The van der Waals surface area contributed by atoms with Crippen molar-refractivity contribution >= 4 is 11.5 Å². The second-order valence-electron chi connectivity index (χ2n) is 6.91. The van der Waals surface area contributed by atoms with Crippen LogP contribution in [0.2, 0.25) is 0 Å². The molecule has 1 aromatic heterocycles. The van der Waals surface area contributed by atoms with Crippen molar-refractivity contribution in [1.29, 1.82) is 5.26 Å². The predicted octanol–water partition coefficient (Wildman–Crippen LogP) is 2.68. The molecule has 2 aromatic rings. The molecular weight excluding hydrogens is 314 g/mol. The highest BCUT2D eigenvalue weighted by molar-refractivity contribution is 6.00. The standard InChI is InChI=1S/C19H21N5O/c1-13(25)16-7-6-14(11-20)10-17(16)23-8-2-4-15(12-23)19-22-21-18-5-3-9-24(18)19/h6-7,10,15H,2-5,8-9,12H2,1H3. The maximum absolute atomic E-state index is 12.0. The number of ketones is 1. The van der Waals surface area contributed by atoms with Gasteiger partial charge in [0.15, 0.2) is 5.78 Å². The highest BCUT2D eigenvalue weighted by atomic mass is 16.1. The second kappa shape index (κ2) is 6.32. The second-order valence-corrected chi connectivity index (χ2v) is 6.91. The molecule has 2 aliphatic heterocycles. The van der Waals surface area contributed by atoms with Crippen LogP contribution in [0.25, 0.3) is 0 Å². The van der Waals surface area contributed by atoms with Gasteiger partial charge in [-0.05, 0) is 44.4 Å². The maximum Gasteiger partial charge on any atom is 0.161 e. The zero-order valence-electron chi connectivity index (χ0n) is 14.4. The van der Waals surface area contributed by atoms with Gasteiger partial charge in [-0.2, -0.15) is 5.26 Å². The molecule has 0 bridgehead atoms. The Morgan fingerprint density at radius 1 is 1.28 bits per heavy atom. The minimum atomic E-state index is 0.0324. The molecule has 0 N–H and O–H groups in total. The lowest BCUT2D eigenvalue weighted by Crippen LogP contribution is -2.36. The number of piperidine rings is 1. The summed E-state index contributed by atoms with van der Waals surface area (Å²) >= 11 is 0. The Morgan fingerprint density at radius 2 is 2.16 bits per heavy atom. The van der Waals surface area contributed by atoms with E-state index in [1.807, 2.05) is 6.07 Å². The summed E-state index contributed by atoms with van der Waals surface area (Å²) in [6.07, 6.45) is 4.29. The summed E-state index contributed by atoms with van der Waals surface area (Å²) in [6, 6.07) is 7.51. The summed E-state index contributed by atoms with van der Waals surface area (Å²) in [5.41, 5.74) is 2.15. The Bertz CT molecular complexity index is 863. The fourth-order valence-electron chi connectivity index (χ4n) is 4.04. The van der Waals surface area contributed by atoms with Crippen molar-refractivity contribution in [2.45, 2.75) is 45.1 Å². The van der Waals surface area contributed by atoms with Gasteiger partial charge in [-0.25, -0.2) is 0 Å². The van der Waals surface area contributed by atoms with Crippen LogP contribution < -0.4 is 4.90 Å². The van der Waals surface area contributed by atoms with Gasteiger partial charge in [-0.3, -0.25) is 4.79 Å². The van der Waals surface area contributed by atoms with Crippen LogP contribution in [0, 0.1) is 11.3 Å². The quantitative estimate of drug-likeness (QED) is 0.806. The van der Waals surface area contributed by atoms with E-state index in [1.165, 1.54) is 0 Å². The summed E-state index contributed by atoms with van der Waals surface area (Å²) < 4.78 is 2.27. The number of hydrogen-bond donors (Lipinski definition) is 0. The topological polar surface area (TPSA) is 74.8 Å². The first kappa shape index (κ1) is 15.8. The molecule has 6 nitrogen and oxygen atoms in total. The molecule has 1 saturated heterocycles. The van der Waals surface area contributed by atoms with Crippen molar-refractivity contribution < 1.29 is 4.79 Å². The van der Waals surface area contributed by atoms with Gasteiger partial charge in [-0.15, -0.1) is 10.2 Å². The van der Waals surface area contributed by atoms with E-state index in [2.05, 4.69) is 25.7 Å². The average molecular weight is 335 g/mol. The van der Waals surface area contributed by atoms with Crippen molar-refractivity contribution in [2.75, 3.05) is 18.0 Å². The number of nitriles is 1. The van der Waals surface area contributed by atoms with Crippen molar-refractivity contribution in [3.8, 4) is 6.07 Å². The molecular formula is C19H21N5O. The van der Waals surface area contributed by atoms with Crippen LogP contribution in [0.5, 0.6) is 0 Å². The Hall–Kier alpha value is -2.68. The van der Waals surface area contributed by atoms with Gasteiger partial charge in [0.25, 0.3) is 0 Å². The van der Waals surface area contributed by atoms with Gasteiger partial charge in [0.2, 0.25) is 0 Å². The van der Waals surface area contributed by atoms with E-state index in [0.717, 1.165) is 62.7 Å². The third-order valence-electron chi connectivity index (χ3n) is 5.27. The summed E-state index contributed by atoms with van der Waals surface area (Å²) in [5, 5.41) is 18.0. The first-order valence-corrected chi connectivity index (χ1v) is 8.89. The Morgan fingerprint density at radius 3 is 2.96 bits per heavy atom. The Balaban J connectivity index is 1.65. The molecule has 128 valence electrons. The van der Waals surface area contributed by atoms with E-state index in [4.69, 9.17) is 0 Å². The summed E-state index contributed by atoms with van der Waals surface area (Å²) in [5.74, 6) is 2.53. The number of hydrogen-bond acceptors (Lipinski definition) is 5. The molecule has 1 fully saturated rings. The van der Waals surface area contributed by atoms with Gasteiger partial charge in [0, 0.05) is 43.2 Å². The average Bonchev–Trinajstić information content (AvgIpc) is 3.24. The van der Waals surface area contributed by atoms with Crippen LogP contribution in [0.15, 0.2) is 18.2 Å². The molecule has 1 atom stereocenters. The van der Waals surface area contributed by atoms with E-state index in [1.54, 1.807) is 19.1 Å². The summed E-state index contributed by atoms with van der Waals surface area (Å²) in [7, 11) is 0. The van der Waals surface area contributed by atoms with E-state index in [0.29, 0.717) is 17.0 Å². The maximum atomic E-state index is 12.0. The van der Waals surface area contributed by atoms with Crippen molar-refractivity contribution in [3.63, 3.8) is 0 Å². The molecule has 4 rings (SSSR count). The van der Waals surface area contributed by atoms with Gasteiger partial charge in [0.1, 0.15) is 11.6 Å². The Kier molecular flexibility index (Phi) is 4.00. The third-order valence-corrected chi connectivity index (χ3v) is 5.27. The largest absolute Gasteiger partial charge is 0.370 e. The zero-order valence-corrected chi connectivity index (χ0v) is 14.4. The van der Waals surface area contributed by atoms with E-state index in [-0.39, 0.29) is 5.78 Å². The molecule has 0 saturated carbocycles. The fraction of sp³-hybridized carbons (Fsp3) is 0.474. The lowest BCUT2D eigenvalue weighted by Gasteiger charge is -2.35. The van der Waals surface area contributed by atoms with Crippen molar-refractivity contribution in [3.05, 3.63) is 41.0 Å². The SMILES string of the molecule is CC(=O)c1ccc(C#N)cc1N1CCCC(c2nnc3n2CCC3)C1. The van der Waals surface area contributed by atoms with Crippen LogP contribution in [-0.4, -0.2) is 33.6 Å². The van der Waals surface area contributed by atoms with Crippen LogP contribution in [0.1, 0.15) is 59.7 Å². The fourth-order valence-corrected chi connectivity index (χ4v) is 4.04. The summed E-state index contributed by atoms with van der Waals surface area (Å²) in [4.78, 5) is 14.3. The van der Waals surface area contributed by atoms with Crippen molar-refractivity contribution in [2.24, 2.45) is 0 Å². The minimum Gasteiger partial charge on any atom is -0.370 e. The molecule has 3 heterocycles. The molecule has 1 unspecified atom stereocenters. The van der Waals surface area contributed by atoms with E-state index < -0.39 is 0 Å². The number of anilines is 1. The monoisotopic (exact) mass is 335 g/mol. The van der Waals surface area contributed by atoms with Gasteiger partial charge in [0.05, 0.1) is 11.6 Å². The van der Waals surface area contributed by atoms with Crippen LogP contribution in [0.3, 0.4) is 0 Å². The first-order chi connectivity index (χ1) is 12.2.